The van der Waals surface area contributed by atoms with Crippen LogP contribution in [0.3, 0.4) is 0 Å². The lowest BCUT2D eigenvalue weighted by Gasteiger charge is -2.19. The third kappa shape index (κ3) is 4.99. The largest absolute Gasteiger partial charge is 0.497 e. The molecule has 96 valence electrons. The highest BCUT2D eigenvalue weighted by molar-refractivity contribution is 9.10. The Balaban J connectivity index is 2.73. The minimum absolute atomic E-state index is 0.559. The van der Waals surface area contributed by atoms with E-state index in [1.807, 2.05) is 12.1 Å². The van der Waals surface area contributed by atoms with Gasteiger partial charge >= 0.3 is 0 Å². The fourth-order valence-electron chi connectivity index (χ4n) is 1.99. The molecule has 0 saturated heterocycles. The molecular formula is C14H22BrNO. The van der Waals surface area contributed by atoms with E-state index in [9.17, 15) is 0 Å². The number of hydrogen-bond acceptors (Lipinski definition) is 2. The van der Waals surface area contributed by atoms with Gasteiger partial charge in [0, 0.05) is 22.3 Å². The fourth-order valence-corrected chi connectivity index (χ4v) is 2.46. The molecule has 1 aromatic carbocycles. The molecular weight excluding hydrogens is 278 g/mol. The minimum atomic E-state index is 0.559. The fraction of sp³-hybridized carbons (Fsp3) is 0.571. The predicted octanol–water partition coefficient (Wildman–Crippen LogP) is 4.84. The van der Waals surface area contributed by atoms with Crippen LogP contribution >= 0.6 is 15.9 Å². The van der Waals surface area contributed by atoms with Crippen LogP contribution in [0.5, 0.6) is 5.75 Å². The SMILES string of the molecule is CCCC(CCC)Nc1cc(Br)cc(OC)c1. The van der Waals surface area contributed by atoms with Gasteiger partial charge in [0.25, 0.3) is 0 Å². The van der Waals surface area contributed by atoms with Crippen LogP contribution in [0.4, 0.5) is 5.69 Å². The van der Waals surface area contributed by atoms with Gasteiger partial charge in [-0.25, -0.2) is 0 Å². The van der Waals surface area contributed by atoms with Gasteiger partial charge in [-0.05, 0) is 25.0 Å². The Morgan fingerprint density at radius 3 is 2.35 bits per heavy atom. The Morgan fingerprint density at radius 1 is 1.18 bits per heavy atom. The van der Waals surface area contributed by atoms with Crippen molar-refractivity contribution in [2.24, 2.45) is 0 Å². The number of nitrogens with one attached hydrogen (secondary N) is 1. The Labute approximate surface area is 113 Å². The Kier molecular flexibility index (Phi) is 6.41. The summed E-state index contributed by atoms with van der Waals surface area (Å²) < 4.78 is 6.31. The van der Waals surface area contributed by atoms with Gasteiger partial charge in [-0.2, -0.15) is 0 Å². The number of ether oxygens (including phenoxy) is 1. The van der Waals surface area contributed by atoms with Gasteiger partial charge in [-0.3, -0.25) is 0 Å². The Bertz CT molecular complexity index is 335. The molecule has 0 amide bonds. The molecule has 2 nitrogen and oxygen atoms in total. The molecule has 0 aromatic heterocycles. The smallest absolute Gasteiger partial charge is 0.122 e. The topological polar surface area (TPSA) is 21.3 Å². The van der Waals surface area contributed by atoms with Crippen molar-refractivity contribution in [3.63, 3.8) is 0 Å². The molecule has 0 radical (unpaired) electrons. The third-order valence-electron chi connectivity index (χ3n) is 2.75. The average molecular weight is 300 g/mol. The second kappa shape index (κ2) is 7.59. The van der Waals surface area contributed by atoms with E-state index in [1.165, 1.54) is 25.7 Å². The van der Waals surface area contributed by atoms with Crippen LogP contribution in [0.2, 0.25) is 0 Å². The predicted molar refractivity (Wildman–Crippen MR) is 77.9 cm³/mol. The summed E-state index contributed by atoms with van der Waals surface area (Å²) in [7, 11) is 1.70. The summed E-state index contributed by atoms with van der Waals surface area (Å²) >= 11 is 3.50. The summed E-state index contributed by atoms with van der Waals surface area (Å²) in [4.78, 5) is 0. The van der Waals surface area contributed by atoms with Gasteiger partial charge in [0.05, 0.1) is 7.11 Å². The summed E-state index contributed by atoms with van der Waals surface area (Å²) in [5.74, 6) is 0.883. The van der Waals surface area contributed by atoms with Gasteiger partial charge in [-0.1, -0.05) is 42.6 Å². The van der Waals surface area contributed by atoms with Crippen molar-refractivity contribution in [2.45, 2.75) is 45.6 Å². The first-order valence-corrected chi connectivity index (χ1v) is 7.10. The zero-order chi connectivity index (χ0) is 12.7. The van der Waals surface area contributed by atoms with E-state index in [0.717, 1.165) is 15.9 Å². The van der Waals surface area contributed by atoms with Crippen molar-refractivity contribution >= 4 is 21.6 Å². The van der Waals surface area contributed by atoms with Gasteiger partial charge < -0.3 is 10.1 Å². The Morgan fingerprint density at radius 2 is 1.82 bits per heavy atom. The van der Waals surface area contributed by atoms with E-state index in [4.69, 9.17) is 4.74 Å². The molecule has 0 bridgehead atoms. The van der Waals surface area contributed by atoms with Crippen molar-refractivity contribution in [3.8, 4) is 5.75 Å². The minimum Gasteiger partial charge on any atom is -0.497 e. The maximum absolute atomic E-state index is 5.27. The lowest BCUT2D eigenvalue weighted by atomic mass is 10.1. The number of rotatable bonds is 7. The highest BCUT2D eigenvalue weighted by Gasteiger charge is 2.07. The van der Waals surface area contributed by atoms with E-state index in [2.05, 4.69) is 41.2 Å². The van der Waals surface area contributed by atoms with Gasteiger partial charge in [0.2, 0.25) is 0 Å². The molecule has 0 fully saturated rings. The van der Waals surface area contributed by atoms with E-state index in [-0.39, 0.29) is 0 Å². The first-order valence-electron chi connectivity index (χ1n) is 6.30. The van der Waals surface area contributed by atoms with E-state index >= 15 is 0 Å². The molecule has 0 saturated carbocycles. The molecule has 0 unspecified atom stereocenters. The lowest BCUT2D eigenvalue weighted by Crippen LogP contribution is -2.18. The summed E-state index contributed by atoms with van der Waals surface area (Å²) in [6, 6.07) is 6.67. The molecule has 0 heterocycles. The molecule has 0 aliphatic rings. The van der Waals surface area contributed by atoms with Gasteiger partial charge in [0.1, 0.15) is 5.75 Å². The first kappa shape index (κ1) is 14.4. The zero-order valence-electron chi connectivity index (χ0n) is 10.9. The van der Waals surface area contributed by atoms with Gasteiger partial charge in [-0.15, -0.1) is 0 Å². The van der Waals surface area contributed by atoms with Crippen LogP contribution < -0.4 is 10.1 Å². The maximum Gasteiger partial charge on any atom is 0.122 e. The van der Waals surface area contributed by atoms with Crippen molar-refractivity contribution in [2.75, 3.05) is 12.4 Å². The van der Waals surface area contributed by atoms with E-state index < -0.39 is 0 Å². The molecule has 1 N–H and O–H groups in total. The third-order valence-corrected chi connectivity index (χ3v) is 3.21. The summed E-state index contributed by atoms with van der Waals surface area (Å²) in [5.41, 5.74) is 1.13. The van der Waals surface area contributed by atoms with Crippen LogP contribution in [0.15, 0.2) is 22.7 Å². The maximum atomic E-state index is 5.27. The van der Waals surface area contributed by atoms with E-state index in [0.29, 0.717) is 6.04 Å². The molecule has 0 atom stereocenters. The highest BCUT2D eigenvalue weighted by atomic mass is 79.9. The monoisotopic (exact) mass is 299 g/mol. The van der Waals surface area contributed by atoms with Crippen molar-refractivity contribution in [1.29, 1.82) is 0 Å². The second-order valence-corrected chi connectivity index (χ2v) is 5.21. The van der Waals surface area contributed by atoms with Crippen molar-refractivity contribution in [1.82, 2.24) is 0 Å². The average Bonchev–Trinajstić information content (AvgIpc) is 2.29. The molecule has 0 spiro atoms. The molecule has 0 aliphatic carbocycles. The molecule has 0 aliphatic heterocycles. The molecule has 17 heavy (non-hydrogen) atoms. The highest BCUT2D eigenvalue weighted by Crippen LogP contribution is 2.25. The van der Waals surface area contributed by atoms with Crippen molar-refractivity contribution in [3.05, 3.63) is 22.7 Å². The van der Waals surface area contributed by atoms with Crippen LogP contribution in [0.25, 0.3) is 0 Å². The number of anilines is 1. The standard InChI is InChI=1S/C14H22BrNO/c1-4-6-12(7-5-2)16-13-8-11(15)9-14(10-13)17-3/h8-10,12,16H,4-7H2,1-3H3. The second-order valence-electron chi connectivity index (χ2n) is 4.30. The van der Waals surface area contributed by atoms with E-state index in [1.54, 1.807) is 7.11 Å². The number of halogens is 1. The molecule has 3 heteroatoms. The summed E-state index contributed by atoms with van der Waals surface area (Å²) in [6.45, 7) is 4.46. The summed E-state index contributed by atoms with van der Waals surface area (Å²) in [6.07, 6.45) is 4.84. The van der Waals surface area contributed by atoms with Crippen LogP contribution in [-0.2, 0) is 0 Å². The number of methoxy groups -OCH3 is 1. The lowest BCUT2D eigenvalue weighted by molar-refractivity contribution is 0.414. The molecule has 1 rings (SSSR count). The summed E-state index contributed by atoms with van der Waals surface area (Å²) in [5, 5.41) is 3.59. The van der Waals surface area contributed by atoms with Crippen LogP contribution in [-0.4, -0.2) is 13.2 Å². The first-order chi connectivity index (χ1) is 8.19. The zero-order valence-corrected chi connectivity index (χ0v) is 12.5. The normalized spacial score (nSPS) is 10.6. The van der Waals surface area contributed by atoms with Gasteiger partial charge in [0.15, 0.2) is 0 Å². The van der Waals surface area contributed by atoms with Crippen molar-refractivity contribution < 1.29 is 4.74 Å². The van der Waals surface area contributed by atoms with Crippen LogP contribution in [0.1, 0.15) is 39.5 Å². The number of hydrogen-bond donors (Lipinski definition) is 1. The number of benzene rings is 1. The van der Waals surface area contributed by atoms with Crippen LogP contribution in [0, 0.1) is 0 Å². The molecule has 1 aromatic rings. The Hall–Kier alpha value is -0.700. The quantitative estimate of drug-likeness (QED) is 0.778.